The van der Waals surface area contributed by atoms with Gasteiger partial charge in [0.2, 0.25) is 6.04 Å². The Morgan fingerprint density at radius 2 is 1.41 bits per heavy atom. The third-order valence-electron chi connectivity index (χ3n) is 4.07. The number of nitrogens with zero attached hydrogens (tertiary/aromatic N) is 2. The van der Waals surface area contributed by atoms with Gasteiger partial charge in [-0.05, 0) is 5.56 Å². The van der Waals surface area contributed by atoms with E-state index in [0.29, 0.717) is 0 Å². The highest BCUT2D eigenvalue weighted by atomic mass is 16.6. The van der Waals surface area contributed by atoms with Gasteiger partial charge in [-0.25, -0.2) is 0 Å². The van der Waals surface area contributed by atoms with Gasteiger partial charge in [-0.2, -0.15) is 0 Å². The van der Waals surface area contributed by atoms with Crippen molar-refractivity contribution < 1.29 is 29.6 Å². The molecule has 2 N–H and O–H groups in total. The van der Waals surface area contributed by atoms with Crippen molar-refractivity contribution in [2.24, 2.45) is 5.92 Å². The number of nitro groups is 2. The zero-order valence-electron chi connectivity index (χ0n) is 13.7. The molecule has 0 bridgehead atoms. The maximum absolute atomic E-state index is 11.8. The number of carboxylic acid groups (broad SMARTS) is 2. The van der Waals surface area contributed by atoms with E-state index in [1.807, 2.05) is 0 Å². The summed E-state index contributed by atoms with van der Waals surface area (Å²) in [7, 11) is 0. The van der Waals surface area contributed by atoms with Crippen LogP contribution in [0.5, 0.6) is 0 Å². The number of benzene rings is 2. The molecule has 10 nitrogen and oxygen atoms in total. The first kappa shape index (κ1) is 19.5. The molecule has 0 saturated carbocycles. The van der Waals surface area contributed by atoms with E-state index in [4.69, 9.17) is 0 Å². The predicted molar refractivity (Wildman–Crippen MR) is 90.8 cm³/mol. The average Bonchev–Trinajstić information content (AvgIpc) is 2.61. The molecule has 140 valence electrons. The number of hydrogen-bond donors (Lipinski definition) is 2. The maximum atomic E-state index is 11.8. The molecule has 0 amide bonds. The van der Waals surface area contributed by atoms with Crippen LogP contribution in [0.15, 0.2) is 54.6 Å². The van der Waals surface area contributed by atoms with Crippen LogP contribution in [0, 0.1) is 26.1 Å². The number of non-ortho nitro benzene ring substituents is 1. The lowest BCUT2D eigenvalue weighted by Gasteiger charge is -2.24. The van der Waals surface area contributed by atoms with Crippen LogP contribution in [0.25, 0.3) is 0 Å². The number of nitro benzene ring substituents is 1. The molecule has 2 atom stereocenters. The van der Waals surface area contributed by atoms with Crippen molar-refractivity contribution in [3.63, 3.8) is 0 Å². The van der Waals surface area contributed by atoms with E-state index in [9.17, 15) is 40.0 Å². The SMILES string of the molecule is O=C(O)C(C(=O)O)[C@@H](c1cccc([N+](=O)[O-])c1)[C@@H](c1ccccc1)[N+](=O)[O-]. The van der Waals surface area contributed by atoms with Crippen molar-refractivity contribution in [3.8, 4) is 0 Å². The van der Waals surface area contributed by atoms with Crippen molar-refractivity contribution in [3.05, 3.63) is 86.0 Å². The number of rotatable bonds is 8. The lowest BCUT2D eigenvalue weighted by molar-refractivity contribution is -0.534. The normalized spacial score (nSPS) is 12.9. The highest BCUT2D eigenvalue weighted by Crippen LogP contribution is 2.40. The molecule has 27 heavy (non-hydrogen) atoms. The van der Waals surface area contributed by atoms with E-state index in [2.05, 4.69) is 0 Å². The second kappa shape index (κ2) is 8.04. The summed E-state index contributed by atoms with van der Waals surface area (Å²) in [6.07, 6.45) is 0. The Morgan fingerprint density at radius 1 is 0.852 bits per heavy atom. The van der Waals surface area contributed by atoms with Gasteiger partial charge in [-0.3, -0.25) is 29.8 Å². The predicted octanol–water partition coefficient (Wildman–Crippen LogP) is 2.48. The van der Waals surface area contributed by atoms with Gasteiger partial charge < -0.3 is 10.2 Å². The molecule has 2 aromatic rings. The smallest absolute Gasteiger partial charge is 0.318 e. The second-order valence-corrected chi connectivity index (χ2v) is 5.67. The molecule has 0 saturated heterocycles. The molecule has 0 fully saturated rings. The Hall–Kier alpha value is -3.82. The fourth-order valence-corrected chi connectivity index (χ4v) is 2.93. The summed E-state index contributed by atoms with van der Waals surface area (Å²) in [6.45, 7) is 0. The fourth-order valence-electron chi connectivity index (χ4n) is 2.93. The third-order valence-corrected chi connectivity index (χ3v) is 4.07. The largest absolute Gasteiger partial charge is 0.481 e. The van der Waals surface area contributed by atoms with Gasteiger partial charge in [0.25, 0.3) is 5.69 Å². The fraction of sp³-hybridized carbons (Fsp3) is 0.176. The summed E-state index contributed by atoms with van der Waals surface area (Å²) in [5.41, 5.74) is -0.460. The van der Waals surface area contributed by atoms with E-state index in [0.717, 1.165) is 12.1 Å². The molecule has 0 heterocycles. The average molecular weight is 374 g/mol. The van der Waals surface area contributed by atoms with Gasteiger partial charge in [0.05, 0.1) is 10.8 Å². The summed E-state index contributed by atoms with van der Waals surface area (Å²) in [6, 6.07) is 10.2. The van der Waals surface area contributed by atoms with Crippen molar-refractivity contribution in [2.75, 3.05) is 0 Å². The van der Waals surface area contributed by atoms with Crippen LogP contribution in [0.3, 0.4) is 0 Å². The zero-order valence-corrected chi connectivity index (χ0v) is 13.7. The zero-order chi connectivity index (χ0) is 20.1. The van der Waals surface area contributed by atoms with Crippen molar-refractivity contribution in [1.82, 2.24) is 0 Å². The summed E-state index contributed by atoms with van der Waals surface area (Å²) in [5.74, 6) is -7.40. The first-order valence-electron chi connectivity index (χ1n) is 7.62. The number of carbonyl (C=O) groups is 2. The van der Waals surface area contributed by atoms with Crippen molar-refractivity contribution in [2.45, 2.75) is 12.0 Å². The Kier molecular flexibility index (Phi) is 5.81. The van der Waals surface area contributed by atoms with Crippen molar-refractivity contribution in [1.29, 1.82) is 0 Å². The third kappa shape index (κ3) is 4.24. The Balaban J connectivity index is 2.73. The lowest BCUT2D eigenvalue weighted by atomic mass is 9.78. The van der Waals surface area contributed by atoms with Gasteiger partial charge in [-0.15, -0.1) is 0 Å². The van der Waals surface area contributed by atoms with Gasteiger partial charge in [-0.1, -0.05) is 42.5 Å². The molecular weight excluding hydrogens is 360 g/mol. The molecule has 0 aliphatic rings. The van der Waals surface area contributed by atoms with Crippen LogP contribution < -0.4 is 0 Å². The van der Waals surface area contributed by atoms with Crippen LogP contribution in [0.1, 0.15) is 23.1 Å². The van der Waals surface area contributed by atoms with E-state index in [1.165, 1.54) is 36.4 Å². The molecule has 0 aliphatic heterocycles. The van der Waals surface area contributed by atoms with Gasteiger partial charge in [0.15, 0.2) is 5.92 Å². The summed E-state index contributed by atoms with van der Waals surface area (Å²) in [5, 5.41) is 41.6. The molecule has 0 aliphatic carbocycles. The molecule has 0 radical (unpaired) electrons. The number of carboxylic acids is 2. The minimum absolute atomic E-state index is 0.0894. The minimum Gasteiger partial charge on any atom is -0.481 e. The van der Waals surface area contributed by atoms with Crippen LogP contribution in [-0.2, 0) is 9.59 Å². The molecule has 10 heteroatoms. The molecule has 2 aromatic carbocycles. The molecule has 2 rings (SSSR count). The van der Waals surface area contributed by atoms with Crippen molar-refractivity contribution >= 4 is 17.6 Å². The highest BCUT2D eigenvalue weighted by molar-refractivity contribution is 5.94. The van der Waals surface area contributed by atoms with Crippen LogP contribution in [-0.4, -0.2) is 32.0 Å². The van der Waals surface area contributed by atoms with Crippen LogP contribution in [0.2, 0.25) is 0 Å². The highest BCUT2D eigenvalue weighted by Gasteiger charge is 2.47. The molecular formula is C17H14N2O8. The second-order valence-electron chi connectivity index (χ2n) is 5.67. The Morgan fingerprint density at radius 3 is 1.89 bits per heavy atom. The van der Waals surface area contributed by atoms with Crippen LogP contribution >= 0.6 is 0 Å². The van der Waals surface area contributed by atoms with E-state index in [-0.39, 0.29) is 11.1 Å². The van der Waals surface area contributed by atoms with Crippen LogP contribution in [0.4, 0.5) is 5.69 Å². The summed E-state index contributed by atoms with van der Waals surface area (Å²) >= 11 is 0. The number of aliphatic carboxylic acids is 2. The van der Waals surface area contributed by atoms with E-state index >= 15 is 0 Å². The van der Waals surface area contributed by atoms with E-state index in [1.54, 1.807) is 6.07 Å². The quantitative estimate of drug-likeness (QED) is 0.404. The molecule has 0 unspecified atom stereocenters. The summed E-state index contributed by atoms with van der Waals surface area (Å²) < 4.78 is 0. The number of hydrogen-bond acceptors (Lipinski definition) is 6. The Bertz CT molecular complexity index is 870. The molecule has 0 aromatic heterocycles. The minimum atomic E-state index is -2.18. The Labute approximate surface area is 152 Å². The van der Waals surface area contributed by atoms with Gasteiger partial charge >= 0.3 is 11.9 Å². The standard InChI is InChI=1S/C17H14N2O8/c20-16(21)14(17(22)23)13(11-7-4-8-12(9-11)18(24)25)15(19(26)27)10-5-2-1-3-6-10/h1-9,13-15H,(H,20,21)(H,22,23)/t13-,15-/m1/s1. The lowest BCUT2D eigenvalue weighted by Crippen LogP contribution is -2.35. The maximum Gasteiger partial charge on any atom is 0.318 e. The first-order chi connectivity index (χ1) is 12.7. The first-order valence-corrected chi connectivity index (χ1v) is 7.62. The van der Waals surface area contributed by atoms with Gasteiger partial charge in [0.1, 0.15) is 0 Å². The van der Waals surface area contributed by atoms with E-state index < -0.39 is 45.4 Å². The monoisotopic (exact) mass is 374 g/mol. The molecule has 0 spiro atoms. The topological polar surface area (TPSA) is 161 Å². The van der Waals surface area contributed by atoms with Gasteiger partial charge in [0, 0.05) is 22.6 Å². The summed E-state index contributed by atoms with van der Waals surface area (Å²) in [4.78, 5) is 44.5.